The third-order valence-electron chi connectivity index (χ3n) is 5.89. The van der Waals surface area contributed by atoms with Crippen molar-refractivity contribution in [1.82, 2.24) is 21.3 Å². The van der Waals surface area contributed by atoms with Crippen LogP contribution in [0.25, 0.3) is 0 Å². The predicted octanol–water partition coefficient (Wildman–Crippen LogP) is 2.36. The monoisotopic (exact) mass is 532 g/mol. The molecule has 2 aromatic carbocycles. The first-order valence-electron chi connectivity index (χ1n) is 12.5. The Morgan fingerprint density at radius 2 is 1.68 bits per heavy atom. The highest BCUT2D eigenvalue weighted by Gasteiger charge is 2.38. The van der Waals surface area contributed by atoms with Crippen molar-refractivity contribution in [3.05, 3.63) is 70.8 Å². The molecule has 0 bridgehead atoms. The van der Waals surface area contributed by atoms with E-state index in [4.69, 9.17) is 0 Å². The second-order valence-electron chi connectivity index (χ2n) is 9.50. The van der Waals surface area contributed by atoms with Gasteiger partial charge >= 0.3 is 6.03 Å². The van der Waals surface area contributed by atoms with Gasteiger partial charge in [0.2, 0.25) is 11.7 Å². The van der Waals surface area contributed by atoms with Gasteiger partial charge in [-0.3, -0.25) is 14.4 Å². The van der Waals surface area contributed by atoms with E-state index in [1.165, 1.54) is 0 Å². The van der Waals surface area contributed by atoms with Crippen LogP contribution in [0.15, 0.2) is 48.5 Å². The number of Topliss-reactive ketones (excluding diaryl/α,β-unsaturated/α-hetero) is 1. The highest BCUT2D eigenvalue weighted by molar-refractivity contribution is 6.39. The highest BCUT2D eigenvalue weighted by atomic mass is 28.1. The fraction of sp³-hybridized carbons (Fsp3) is 0.393. The normalized spacial score (nSPS) is 13.0. The summed E-state index contributed by atoms with van der Waals surface area (Å²) in [4.78, 5) is 51.4. The van der Waals surface area contributed by atoms with E-state index < -0.39 is 34.8 Å². The molecule has 0 aromatic heterocycles. The van der Waals surface area contributed by atoms with Gasteiger partial charge in [-0.1, -0.05) is 69.3 Å². The maximum Gasteiger partial charge on any atom is 0.315 e. The summed E-state index contributed by atoms with van der Waals surface area (Å²) < 4.78 is 0. The third-order valence-corrected chi connectivity index (χ3v) is 6.45. The van der Waals surface area contributed by atoms with Gasteiger partial charge in [0.25, 0.3) is 5.91 Å². The van der Waals surface area contributed by atoms with Crippen LogP contribution in [0.2, 0.25) is 0 Å². The van der Waals surface area contributed by atoms with Crippen molar-refractivity contribution in [2.75, 3.05) is 0 Å². The van der Waals surface area contributed by atoms with Gasteiger partial charge in [0.15, 0.2) is 0 Å². The van der Waals surface area contributed by atoms with Crippen LogP contribution in [0, 0.1) is 24.2 Å². The Kier molecular flexibility index (Phi) is 11.2. The zero-order valence-electron chi connectivity index (χ0n) is 22.2. The molecule has 9 nitrogen and oxygen atoms in total. The number of nitriles is 1. The number of carbonyl (C=O) groups excluding carboxylic acids is 4. The van der Waals surface area contributed by atoms with E-state index in [0.29, 0.717) is 11.1 Å². The SMILES string of the molecule is CCC(NC(=O)[C@@]([Si])(CC(C)C)NC(=O)NCc1ccccc1)C(=O)C(=O)NCc1cccc(C)c1C#N. The molecule has 2 atom stereocenters. The lowest BCUT2D eigenvalue weighted by atomic mass is 10.0. The molecule has 2 aromatic rings. The predicted molar refractivity (Wildman–Crippen MR) is 145 cm³/mol. The van der Waals surface area contributed by atoms with Crippen molar-refractivity contribution < 1.29 is 19.2 Å². The Morgan fingerprint density at radius 1 is 1.00 bits per heavy atom. The van der Waals surface area contributed by atoms with Crippen LogP contribution in [0.5, 0.6) is 0 Å². The van der Waals surface area contributed by atoms with Gasteiger partial charge in [0, 0.05) is 13.1 Å². The topological polar surface area (TPSA) is 140 Å². The Labute approximate surface area is 227 Å². The Morgan fingerprint density at radius 3 is 2.29 bits per heavy atom. The highest BCUT2D eigenvalue weighted by Crippen LogP contribution is 2.16. The Balaban J connectivity index is 2.05. The molecule has 2 rings (SSSR count). The average molecular weight is 533 g/mol. The molecule has 199 valence electrons. The molecule has 10 heteroatoms. The van der Waals surface area contributed by atoms with Crippen LogP contribution >= 0.6 is 0 Å². The van der Waals surface area contributed by atoms with Gasteiger partial charge in [-0.05, 0) is 42.4 Å². The molecule has 0 saturated heterocycles. The lowest BCUT2D eigenvalue weighted by Crippen LogP contribution is -2.64. The van der Waals surface area contributed by atoms with Crippen molar-refractivity contribution in [3.8, 4) is 6.07 Å². The zero-order valence-corrected chi connectivity index (χ0v) is 23.2. The van der Waals surface area contributed by atoms with Crippen LogP contribution in [0.4, 0.5) is 4.79 Å². The van der Waals surface area contributed by atoms with E-state index in [9.17, 15) is 24.4 Å². The molecule has 0 heterocycles. The fourth-order valence-corrected chi connectivity index (χ4v) is 4.51. The minimum absolute atomic E-state index is 0.00193. The molecular formula is C28H34N5O4Si. The Bertz CT molecular complexity index is 1200. The molecule has 0 saturated carbocycles. The molecule has 3 radical (unpaired) electrons. The molecule has 0 fully saturated rings. The number of carbonyl (C=O) groups is 4. The standard InChI is InChI=1S/C28H34N5O4Si/c1-5-23(24(34)25(35)30-17-21-13-9-10-19(4)22(21)15-29)32-26(36)28(38,14-18(2)3)33-27(37)31-16-20-11-7-6-8-12-20/h6-13,18,23H,5,14,16-17H2,1-4H3,(H,30,35)(H,32,36)(H2,31,33,37)/t23?,28-/m0/s1. The summed E-state index contributed by atoms with van der Waals surface area (Å²) >= 11 is 0. The lowest BCUT2D eigenvalue weighted by molar-refractivity contribution is -0.140. The van der Waals surface area contributed by atoms with Crippen LogP contribution in [0.3, 0.4) is 0 Å². The van der Waals surface area contributed by atoms with E-state index >= 15 is 0 Å². The smallest absolute Gasteiger partial charge is 0.315 e. The molecule has 0 aliphatic rings. The number of rotatable bonds is 12. The van der Waals surface area contributed by atoms with Crippen LogP contribution < -0.4 is 21.3 Å². The molecule has 38 heavy (non-hydrogen) atoms. The van der Waals surface area contributed by atoms with Crippen LogP contribution in [-0.2, 0) is 27.5 Å². The largest absolute Gasteiger partial charge is 0.345 e. The molecule has 4 amide bonds. The maximum absolute atomic E-state index is 13.3. The van der Waals surface area contributed by atoms with Gasteiger partial charge in [-0.2, -0.15) is 5.26 Å². The summed E-state index contributed by atoms with van der Waals surface area (Å²) in [6.45, 7) is 7.51. The molecule has 0 aliphatic carbocycles. The van der Waals surface area contributed by atoms with Crippen molar-refractivity contribution in [2.45, 2.75) is 64.8 Å². The molecular weight excluding hydrogens is 498 g/mol. The first-order chi connectivity index (χ1) is 18.0. The molecule has 0 aliphatic heterocycles. The first-order valence-corrected chi connectivity index (χ1v) is 13.0. The average Bonchev–Trinajstić information content (AvgIpc) is 2.88. The number of hydrogen-bond acceptors (Lipinski definition) is 5. The van der Waals surface area contributed by atoms with Crippen LogP contribution in [-0.4, -0.2) is 45.1 Å². The van der Waals surface area contributed by atoms with Crippen molar-refractivity contribution in [3.63, 3.8) is 0 Å². The van der Waals surface area contributed by atoms with Gasteiger partial charge in [0.1, 0.15) is 5.16 Å². The summed E-state index contributed by atoms with van der Waals surface area (Å²) in [5.74, 6) is -2.33. The number of nitrogens with one attached hydrogen (secondary N) is 4. The molecule has 0 spiro atoms. The van der Waals surface area contributed by atoms with Crippen LogP contribution in [0.1, 0.15) is 55.9 Å². The van der Waals surface area contributed by atoms with E-state index in [-0.39, 0.29) is 31.8 Å². The van der Waals surface area contributed by atoms with Gasteiger partial charge in [-0.15, -0.1) is 0 Å². The number of urea groups is 1. The molecule has 4 N–H and O–H groups in total. The quantitative estimate of drug-likeness (QED) is 0.245. The van der Waals surface area contributed by atoms with E-state index in [1.54, 1.807) is 32.0 Å². The summed E-state index contributed by atoms with van der Waals surface area (Å²) in [5, 5.41) is 18.4. The summed E-state index contributed by atoms with van der Waals surface area (Å²) in [6, 6.07) is 15.0. The lowest BCUT2D eigenvalue weighted by Gasteiger charge is -2.32. The fourth-order valence-electron chi connectivity index (χ4n) is 3.92. The van der Waals surface area contributed by atoms with Crippen molar-refractivity contribution >= 4 is 33.9 Å². The van der Waals surface area contributed by atoms with E-state index in [2.05, 4.69) is 37.6 Å². The second-order valence-corrected chi connectivity index (χ2v) is 10.4. The number of nitrogens with zero attached hydrogens (tertiary/aromatic N) is 1. The number of benzene rings is 2. The van der Waals surface area contributed by atoms with Crippen molar-refractivity contribution in [1.29, 1.82) is 5.26 Å². The second kappa shape index (κ2) is 14.1. The number of hydrogen-bond donors (Lipinski definition) is 4. The van der Waals surface area contributed by atoms with E-state index in [0.717, 1.165) is 11.1 Å². The number of amides is 4. The summed E-state index contributed by atoms with van der Waals surface area (Å²) in [7, 11) is 3.45. The van der Waals surface area contributed by atoms with E-state index in [1.807, 2.05) is 44.2 Å². The third kappa shape index (κ3) is 8.56. The van der Waals surface area contributed by atoms with Gasteiger partial charge in [0.05, 0.1) is 27.9 Å². The minimum atomic E-state index is -1.51. The number of ketones is 1. The first kappa shape index (κ1) is 30.3. The maximum atomic E-state index is 13.3. The zero-order chi connectivity index (χ0) is 28.3. The minimum Gasteiger partial charge on any atom is -0.345 e. The Hall–Kier alpha value is -3.97. The summed E-state index contributed by atoms with van der Waals surface area (Å²) in [6.07, 6.45) is 0.395. The number of aryl methyl sites for hydroxylation is 1. The summed E-state index contributed by atoms with van der Waals surface area (Å²) in [5.41, 5.74) is 2.69. The van der Waals surface area contributed by atoms with Gasteiger partial charge < -0.3 is 21.3 Å². The van der Waals surface area contributed by atoms with Gasteiger partial charge in [-0.25, -0.2) is 4.79 Å². The molecule has 1 unspecified atom stereocenters. The van der Waals surface area contributed by atoms with Crippen molar-refractivity contribution in [2.24, 2.45) is 5.92 Å².